The minimum atomic E-state index is -0.244. The standard InChI is InChI=1S/C29H33N3O/c1-22-11-10-16-27(30-22)26-20-32(21-29(26)18-9-8-17-28(33)31-29)19-25(23-12-4-2-5-13-23)24-14-6-3-7-15-24/h2-7,10-16,25-26H,8-9,17-21H2,1H3,(H,31,33)/t26-,29+/m0/s1. The summed E-state index contributed by atoms with van der Waals surface area (Å²) in [5, 5.41) is 3.48. The van der Waals surface area contributed by atoms with E-state index in [1.54, 1.807) is 0 Å². The topological polar surface area (TPSA) is 45.2 Å². The summed E-state index contributed by atoms with van der Waals surface area (Å²) in [5.41, 5.74) is 4.56. The van der Waals surface area contributed by atoms with Gasteiger partial charge in [0.15, 0.2) is 0 Å². The average Bonchev–Trinajstić information content (AvgIpc) is 3.07. The van der Waals surface area contributed by atoms with E-state index in [0.29, 0.717) is 6.42 Å². The van der Waals surface area contributed by atoms with Crippen LogP contribution in [0.15, 0.2) is 78.9 Å². The zero-order valence-corrected chi connectivity index (χ0v) is 19.4. The van der Waals surface area contributed by atoms with Gasteiger partial charge in [0.25, 0.3) is 0 Å². The highest BCUT2D eigenvalue weighted by molar-refractivity contribution is 5.77. The van der Waals surface area contributed by atoms with Gasteiger partial charge in [0.2, 0.25) is 5.91 Å². The Bertz CT molecular complexity index is 1040. The normalized spacial score (nSPS) is 23.6. The monoisotopic (exact) mass is 439 g/mol. The van der Waals surface area contributed by atoms with Crippen LogP contribution in [0.1, 0.15) is 60.0 Å². The maximum absolute atomic E-state index is 12.7. The van der Waals surface area contributed by atoms with Crippen molar-refractivity contribution in [3.05, 3.63) is 101 Å². The van der Waals surface area contributed by atoms with Crippen LogP contribution in [-0.2, 0) is 4.79 Å². The van der Waals surface area contributed by atoms with Crippen molar-refractivity contribution in [1.82, 2.24) is 15.2 Å². The van der Waals surface area contributed by atoms with Gasteiger partial charge in [0.1, 0.15) is 0 Å². The lowest BCUT2D eigenvalue weighted by Gasteiger charge is -2.35. The van der Waals surface area contributed by atoms with Crippen LogP contribution in [-0.4, -0.2) is 41.0 Å². The van der Waals surface area contributed by atoms with E-state index in [-0.39, 0.29) is 23.3 Å². The average molecular weight is 440 g/mol. The van der Waals surface area contributed by atoms with Gasteiger partial charge in [-0.25, -0.2) is 0 Å². The van der Waals surface area contributed by atoms with E-state index in [0.717, 1.165) is 50.3 Å². The second kappa shape index (κ2) is 9.48. The molecule has 2 aliphatic rings. The number of hydrogen-bond acceptors (Lipinski definition) is 3. The molecule has 1 N–H and O–H groups in total. The molecule has 1 amide bonds. The molecule has 33 heavy (non-hydrogen) atoms. The van der Waals surface area contributed by atoms with E-state index in [2.05, 4.69) is 96.0 Å². The fourth-order valence-corrected chi connectivity index (χ4v) is 5.82. The fraction of sp³-hybridized carbons (Fsp3) is 0.379. The van der Waals surface area contributed by atoms with Crippen molar-refractivity contribution in [2.75, 3.05) is 19.6 Å². The maximum Gasteiger partial charge on any atom is 0.220 e. The fourth-order valence-electron chi connectivity index (χ4n) is 5.82. The molecule has 3 heterocycles. The van der Waals surface area contributed by atoms with E-state index in [4.69, 9.17) is 4.98 Å². The summed E-state index contributed by atoms with van der Waals surface area (Å²) in [7, 11) is 0. The van der Waals surface area contributed by atoms with Gasteiger partial charge in [-0.15, -0.1) is 0 Å². The van der Waals surface area contributed by atoms with Crippen LogP contribution in [0.25, 0.3) is 0 Å². The van der Waals surface area contributed by atoms with Crippen LogP contribution in [0, 0.1) is 6.92 Å². The van der Waals surface area contributed by atoms with Crippen LogP contribution < -0.4 is 5.32 Å². The van der Waals surface area contributed by atoms with Gasteiger partial charge in [-0.05, 0) is 43.0 Å². The van der Waals surface area contributed by atoms with Gasteiger partial charge in [-0.3, -0.25) is 14.7 Å². The third kappa shape index (κ3) is 4.72. The first-order valence-corrected chi connectivity index (χ1v) is 12.2. The lowest BCUT2D eigenvalue weighted by molar-refractivity contribution is -0.122. The number of aromatic nitrogens is 1. The molecule has 3 aromatic rings. The molecular weight excluding hydrogens is 406 g/mol. The predicted molar refractivity (Wildman–Crippen MR) is 132 cm³/mol. The number of nitrogens with zero attached hydrogens (tertiary/aromatic N) is 2. The molecule has 170 valence electrons. The molecule has 5 rings (SSSR count). The number of benzene rings is 2. The van der Waals surface area contributed by atoms with Gasteiger partial charge >= 0.3 is 0 Å². The smallest absolute Gasteiger partial charge is 0.220 e. The quantitative estimate of drug-likeness (QED) is 0.605. The Balaban J connectivity index is 1.48. The Hall–Kier alpha value is -2.98. The lowest BCUT2D eigenvalue weighted by Crippen LogP contribution is -2.52. The van der Waals surface area contributed by atoms with Crippen LogP contribution in [0.4, 0.5) is 0 Å². The summed E-state index contributed by atoms with van der Waals surface area (Å²) in [6.07, 6.45) is 3.69. The predicted octanol–water partition coefficient (Wildman–Crippen LogP) is 5.05. The highest BCUT2D eigenvalue weighted by Crippen LogP contribution is 2.41. The Labute approximate surface area is 197 Å². The molecule has 4 heteroatoms. The van der Waals surface area contributed by atoms with Gasteiger partial charge in [-0.2, -0.15) is 0 Å². The third-order valence-corrected chi connectivity index (χ3v) is 7.39. The molecule has 2 aliphatic heterocycles. The van der Waals surface area contributed by atoms with Crippen LogP contribution in [0.5, 0.6) is 0 Å². The SMILES string of the molecule is Cc1cccc([C@@H]2CN(CC(c3ccccc3)c3ccccc3)C[C@]23CCCCC(=O)N3)n1. The van der Waals surface area contributed by atoms with Gasteiger partial charge < -0.3 is 5.32 Å². The number of carbonyl (C=O) groups excluding carboxylic acids is 1. The van der Waals surface area contributed by atoms with Gasteiger partial charge in [-0.1, -0.05) is 73.2 Å². The number of hydrogen-bond donors (Lipinski definition) is 1. The molecule has 2 aromatic carbocycles. The highest BCUT2D eigenvalue weighted by atomic mass is 16.1. The first-order chi connectivity index (χ1) is 16.1. The Morgan fingerprint density at radius 2 is 1.67 bits per heavy atom. The number of rotatable bonds is 5. The molecule has 0 aliphatic carbocycles. The summed E-state index contributed by atoms with van der Waals surface area (Å²) >= 11 is 0. The number of nitrogens with one attached hydrogen (secondary N) is 1. The van der Waals surface area contributed by atoms with E-state index in [9.17, 15) is 4.79 Å². The molecule has 0 saturated carbocycles. The van der Waals surface area contributed by atoms with Crippen molar-refractivity contribution in [2.45, 2.75) is 50.0 Å². The van der Waals surface area contributed by atoms with Crippen molar-refractivity contribution in [3.63, 3.8) is 0 Å². The molecule has 2 saturated heterocycles. The summed E-state index contributed by atoms with van der Waals surface area (Å²) < 4.78 is 0. The van der Waals surface area contributed by atoms with Gasteiger partial charge in [0, 0.05) is 49.3 Å². The largest absolute Gasteiger partial charge is 0.349 e. The summed E-state index contributed by atoms with van der Waals surface area (Å²) in [4.78, 5) is 20.2. The molecule has 1 aromatic heterocycles. The second-order valence-electron chi connectivity index (χ2n) is 9.74. The molecule has 0 unspecified atom stereocenters. The zero-order valence-electron chi connectivity index (χ0n) is 19.4. The van der Waals surface area contributed by atoms with E-state index < -0.39 is 0 Å². The molecule has 2 fully saturated rings. The summed E-state index contributed by atoms with van der Waals surface area (Å²) in [5.74, 6) is 0.677. The maximum atomic E-state index is 12.7. The number of likely N-dealkylation sites (tertiary alicyclic amines) is 1. The zero-order chi connectivity index (χ0) is 22.7. The van der Waals surface area contributed by atoms with E-state index in [1.807, 2.05) is 0 Å². The lowest BCUT2D eigenvalue weighted by atomic mass is 9.81. The highest BCUT2D eigenvalue weighted by Gasteiger charge is 2.49. The number of aryl methyl sites for hydroxylation is 1. The number of amides is 1. The summed E-state index contributed by atoms with van der Waals surface area (Å²) in [6.45, 7) is 4.76. The number of pyridine rings is 1. The minimum absolute atomic E-state index is 0.190. The van der Waals surface area contributed by atoms with Crippen molar-refractivity contribution >= 4 is 5.91 Å². The molecule has 2 atom stereocenters. The van der Waals surface area contributed by atoms with Crippen molar-refractivity contribution < 1.29 is 4.79 Å². The van der Waals surface area contributed by atoms with Crippen molar-refractivity contribution in [2.24, 2.45) is 0 Å². The van der Waals surface area contributed by atoms with Crippen molar-refractivity contribution in [3.8, 4) is 0 Å². The Morgan fingerprint density at radius 3 is 2.33 bits per heavy atom. The molecule has 0 bridgehead atoms. The van der Waals surface area contributed by atoms with E-state index >= 15 is 0 Å². The molecule has 1 spiro atoms. The van der Waals surface area contributed by atoms with Crippen molar-refractivity contribution in [1.29, 1.82) is 0 Å². The number of carbonyl (C=O) groups is 1. The molecular formula is C29H33N3O. The summed E-state index contributed by atoms with van der Waals surface area (Å²) in [6, 6.07) is 27.9. The third-order valence-electron chi connectivity index (χ3n) is 7.39. The first-order valence-electron chi connectivity index (χ1n) is 12.2. The Morgan fingerprint density at radius 1 is 0.970 bits per heavy atom. The van der Waals surface area contributed by atoms with Crippen LogP contribution >= 0.6 is 0 Å². The van der Waals surface area contributed by atoms with Crippen LogP contribution in [0.2, 0.25) is 0 Å². The molecule has 0 radical (unpaired) electrons. The van der Waals surface area contributed by atoms with E-state index in [1.165, 1.54) is 11.1 Å². The second-order valence-corrected chi connectivity index (χ2v) is 9.74. The first kappa shape index (κ1) is 21.8. The molecule has 4 nitrogen and oxygen atoms in total. The Kier molecular flexibility index (Phi) is 6.28. The minimum Gasteiger partial charge on any atom is -0.349 e. The van der Waals surface area contributed by atoms with Crippen LogP contribution in [0.3, 0.4) is 0 Å². The van der Waals surface area contributed by atoms with Gasteiger partial charge in [0.05, 0.1) is 5.54 Å².